The Morgan fingerprint density at radius 1 is 1.21 bits per heavy atom. The fraction of sp³-hybridized carbons (Fsp3) is 0.417. The van der Waals surface area contributed by atoms with Crippen LogP contribution in [0.3, 0.4) is 0 Å². The number of nitrogens with one attached hydrogen (secondary N) is 1. The van der Waals surface area contributed by atoms with Gasteiger partial charge in [-0.3, -0.25) is 0 Å². The summed E-state index contributed by atoms with van der Waals surface area (Å²) in [6, 6.07) is 6.42. The SMILES string of the molecule is O=CCNc1ccc2c(c1)CCCC2. The largest absolute Gasteiger partial charge is 0.378 e. The summed E-state index contributed by atoms with van der Waals surface area (Å²) in [6.07, 6.45) is 5.90. The quantitative estimate of drug-likeness (QED) is 0.738. The highest BCUT2D eigenvalue weighted by molar-refractivity contribution is 5.60. The molecule has 2 nitrogen and oxygen atoms in total. The van der Waals surface area contributed by atoms with Gasteiger partial charge in [0.2, 0.25) is 0 Å². The summed E-state index contributed by atoms with van der Waals surface area (Å²) in [6.45, 7) is 0.402. The van der Waals surface area contributed by atoms with E-state index >= 15 is 0 Å². The van der Waals surface area contributed by atoms with E-state index in [0.717, 1.165) is 12.0 Å². The molecule has 0 saturated heterocycles. The van der Waals surface area contributed by atoms with Crippen LogP contribution < -0.4 is 5.32 Å². The maximum Gasteiger partial charge on any atom is 0.139 e. The zero-order valence-electron chi connectivity index (χ0n) is 8.25. The average molecular weight is 189 g/mol. The molecule has 0 fully saturated rings. The third-order valence-corrected chi connectivity index (χ3v) is 2.74. The number of rotatable bonds is 3. The monoisotopic (exact) mass is 189 g/mol. The second kappa shape index (κ2) is 4.27. The number of aryl methyl sites for hydroxylation is 2. The molecule has 1 aliphatic carbocycles. The lowest BCUT2D eigenvalue weighted by Gasteiger charge is -2.16. The van der Waals surface area contributed by atoms with Crippen LogP contribution in [0.15, 0.2) is 18.2 Å². The molecule has 0 atom stereocenters. The minimum atomic E-state index is 0.402. The first-order chi connectivity index (χ1) is 6.90. The Labute approximate surface area is 84.3 Å². The Bertz CT molecular complexity index is 333. The van der Waals surface area contributed by atoms with Crippen molar-refractivity contribution in [1.29, 1.82) is 0 Å². The normalized spacial score (nSPS) is 14.6. The van der Waals surface area contributed by atoms with E-state index in [2.05, 4.69) is 23.5 Å². The van der Waals surface area contributed by atoms with E-state index in [0.29, 0.717) is 6.54 Å². The lowest BCUT2D eigenvalue weighted by atomic mass is 9.91. The van der Waals surface area contributed by atoms with Crippen LogP contribution in [0.2, 0.25) is 0 Å². The Kier molecular flexibility index (Phi) is 2.82. The number of fused-ring (bicyclic) bond motifs is 1. The van der Waals surface area contributed by atoms with Crippen molar-refractivity contribution in [2.45, 2.75) is 25.7 Å². The Balaban J connectivity index is 2.16. The molecular formula is C12H15NO. The van der Waals surface area contributed by atoms with Crippen LogP contribution in [0.4, 0.5) is 5.69 Å². The molecule has 1 aromatic rings. The van der Waals surface area contributed by atoms with Gasteiger partial charge in [0.15, 0.2) is 0 Å². The van der Waals surface area contributed by atoms with Gasteiger partial charge in [-0.2, -0.15) is 0 Å². The molecule has 2 rings (SSSR count). The molecule has 0 aromatic heterocycles. The fourth-order valence-corrected chi connectivity index (χ4v) is 2.00. The van der Waals surface area contributed by atoms with Crippen molar-refractivity contribution < 1.29 is 4.79 Å². The van der Waals surface area contributed by atoms with Crippen molar-refractivity contribution in [2.75, 3.05) is 11.9 Å². The topological polar surface area (TPSA) is 29.1 Å². The van der Waals surface area contributed by atoms with Crippen molar-refractivity contribution in [3.63, 3.8) is 0 Å². The lowest BCUT2D eigenvalue weighted by molar-refractivity contribution is -0.106. The number of anilines is 1. The third kappa shape index (κ3) is 1.95. The van der Waals surface area contributed by atoms with Gasteiger partial charge in [-0.15, -0.1) is 0 Å². The molecule has 2 heteroatoms. The molecule has 1 aromatic carbocycles. The molecule has 0 unspecified atom stereocenters. The molecule has 0 heterocycles. The molecule has 74 valence electrons. The van der Waals surface area contributed by atoms with E-state index in [4.69, 9.17) is 0 Å². The number of hydrogen-bond acceptors (Lipinski definition) is 2. The molecule has 0 aliphatic heterocycles. The molecule has 0 saturated carbocycles. The summed E-state index contributed by atoms with van der Waals surface area (Å²) in [7, 11) is 0. The molecule has 0 radical (unpaired) electrons. The van der Waals surface area contributed by atoms with E-state index in [1.165, 1.54) is 36.8 Å². The third-order valence-electron chi connectivity index (χ3n) is 2.74. The standard InChI is InChI=1S/C12H15NO/c14-8-7-13-12-6-5-10-3-1-2-4-11(10)9-12/h5-6,8-9,13H,1-4,7H2. The second-order valence-electron chi connectivity index (χ2n) is 3.74. The zero-order chi connectivity index (χ0) is 9.80. The predicted molar refractivity (Wildman–Crippen MR) is 57.6 cm³/mol. The van der Waals surface area contributed by atoms with Crippen LogP contribution in [-0.4, -0.2) is 12.8 Å². The van der Waals surface area contributed by atoms with Gasteiger partial charge in [-0.05, 0) is 48.9 Å². The van der Waals surface area contributed by atoms with E-state index in [1.54, 1.807) is 0 Å². The number of carbonyl (C=O) groups is 1. The Hall–Kier alpha value is -1.31. The molecule has 0 amide bonds. The minimum absolute atomic E-state index is 0.402. The van der Waals surface area contributed by atoms with Gasteiger partial charge in [-0.1, -0.05) is 6.07 Å². The molecule has 0 bridgehead atoms. The van der Waals surface area contributed by atoms with Crippen LogP contribution in [0.5, 0.6) is 0 Å². The van der Waals surface area contributed by atoms with Crippen LogP contribution >= 0.6 is 0 Å². The van der Waals surface area contributed by atoms with E-state index < -0.39 is 0 Å². The summed E-state index contributed by atoms with van der Waals surface area (Å²) >= 11 is 0. The maximum atomic E-state index is 10.2. The van der Waals surface area contributed by atoms with Gasteiger partial charge >= 0.3 is 0 Å². The van der Waals surface area contributed by atoms with Crippen molar-refractivity contribution in [2.24, 2.45) is 0 Å². The lowest BCUT2D eigenvalue weighted by Crippen LogP contribution is -2.06. The second-order valence-corrected chi connectivity index (χ2v) is 3.74. The van der Waals surface area contributed by atoms with Crippen molar-refractivity contribution in [3.05, 3.63) is 29.3 Å². The highest BCUT2D eigenvalue weighted by Crippen LogP contribution is 2.23. The van der Waals surface area contributed by atoms with E-state index in [1.807, 2.05) is 0 Å². The van der Waals surface area contributed by atoms with Crippen molar-refractivity contribution in [1.82, 2.24) is 0 Å². The Morgan fingerprint density at radius 2 is 2.00 bits per heavy atom. The number of aldehydes is 1. The maximum absolute atomic E-state index is 10.2. The van der Waals surface area contributed by atoms with Crippen LogP contribution in [0.1, 0.15) is 24.0 Å². The highest BCUT2D eigenvalue weighted by atomic mass is 16.1. The van der Waals surface area contributed by atoms with Crippen molar-refractivity contribution in [3.8, 4) is 0 Å². The fourth-order valence-electron chi connectivity index (χ4n) is 2.00. The predicted octanol–water partition coefficient (Wildman–Crippen LogP) is 2.18. The first kappa shape index (κ1) is 9.25. The van der Waals surface area contributed by atoms with Gasteiger partial charge in [-0.25, -0.2) is 0 Å². The van der Waals surface area contributed by atoms with Crippen molar-refractivity contribution >= 4 is 12.0 Å². The molecule has 1 N–H and O–H groups in total. The van der Waals surface area contributed by atoms with Gasteiger partial charge in [0, 0.05) is 5.69 Å². The minimum Gasteiger partial charge on any atom is -0.378 e. The zero-order valence-corrected chi connectivity index (χ0v) is 8.25. The smallest absolute Gasteiger partial charge is 0.139 e. The molecule has 14 heavy (non-hydrogen) atoms. The average Bonchev–Trinajstić information content (AvgIpc) is 2.26. The summed E-state index contributed by atoms with van der Waals surface area (Å²) in [5.74, 6) is 0. The molecular weight excluding hydrogens is 174 g/mol. The number of carbonyl (C=O) groups excluding carboxylic acids is 1. The summed E-state index contributed by atoms with van der Waals surface area (Å²) in [4.78, 5) is 10.2. The summed E-state index contributed by atoms with van der Waals surface area (Å²) in [5, 5.41) is 3.08. The number of benzene rings is 1. The Morgan fingerprint density at radius 3 is 2.79 bits per heavy atom. The van der Waals surface area contributed by atoms with E-state index in [9.17, 15) is 4.79 Å². The van der Waals surface area contributed by atoms with Crippen LogP contribution in [0, 0.1) is 0 Å². The van der Waals surface area contributed by atoms with Gasteiger partial charge in [0.05, 0.1) is 6.54 Å². The highest BCUT2D eigenvalue weighted by Gasteiger charge is 2.08. The van der Waals surface area contributed by atoms with Crippen LogP contribution in [-0.2, 0) is 17.6 Å². The summed E-state index contributed by atoms with van der Waals surface area (Å²) in [5.41, 5.74) is 4.00. The number of hydrogen-bond donors (Lipinski definition) is 1. The van der Waals surface area contributed by atoms with Gasteiger partial charge < -0.3 is 10.1 Å². The van der Waals surface area contributed by atoms with Crippen LogP contribution in [0.25, 0.3) is 0 Å². The summed E-state index contributed by atoms with van der Waals surface area (Å²) < 4.78 is 0. The van der Waals surface area contributed by atoms with Gasteiger partial charge in [0.1, 0.15) is 6.29 Å². The molecule has 0 spiro atoms. The first-order valence-corrected chi connectivity index (χ1v) is 5.19. The first-order valence-electron chi connectivity index (χ1n) is 5.19. The molecule has 1 aliphatic rings. The van der Waals surface area contributed by atoms with E-state index in [-0.39, 0.29) is 0 Å². The van der Waals surface area contributed by atoms with Gasteiger partial charge in [0.25, 0.3) is 0 Å².